The minimum atomic E-state index is -0.452. The minimum Gasteiger partial charge on any atom is -0.258 e. The smallest absolute Gasteiger partial charge is 0.258 e. The lowest BCUT2D eigenvalue weighted by atomic mass is 10.1. The zero-order valence-electron chi connectivity index (χ0n) is 7.56. The predicted molar refractivity (Wildman–Crippen MR) is 54.2 cm³/mol. The van der Waals surface area contributed by atoms with Crippen molar-refractivity contribution in [1.29, 1.82) is 5.26 Å². The minimum absolute atomic E-state index is 0.0263. The summed E-state index contributed by atoms with van der Waals surface area (Å²) >= 11 is 1.44. The van der Waals surface area contributed by atoms with Gasteiger partial charge in [-0.05, 0) is 12.3 Å². The molecule has 1 rings (SSSR count). The van der Waals surface area contributed by atoms with Gasteiger partial charge in [-0.25, -0.2) is 0 Å². The van der Waals surface area contributed by atoms with E-state index in [9.17, 15) is 10.1 Å². The van der Waals surface area contributed by atoms with Crippen molar-refractivity contribution in [2.24, 2.45) is 0 Å². The summed E-state index contributed by atoms with van der Waals surface area (Å²) in [7, 11) is 0. The molecule has 0 N–H and O–H groups in total. The number of nitriles is 1. The summed E-state index contributed by atoms with van der Waals surface area (Å²) in [6.45, 7) is 0. The van der Waals surface area contributed by atoms with Gasteiger partial charge in [-0.2, -0.15) is 5.26 Å². The van der Waals surface area contributed by atoms with Crippen molar-refractivity contribution in [3.63, 3.8) is 0 Å². The van der Waals surface area contributed by atoms with Gasteiger partial charge in [0.2, 0.25) is 0 Å². The van der Waals surface area contributed by atoms with E-state index in [1.54, 1.807) is 12.1 Å². The Morgan fingerprint density at radius 3 is 2.86 bits per heavy atom. The van der Waals surface area contributed by atoms with Gasteiger partial charge in [-0.3, -0.25) is 10.1 Å². The molecule has 0 unspecified atom stereocenters. The van der Waals surface area contributed by atoms with Crippen LogP contribution >= 0.6 is 11.8 Å². The van der Waals surface area contributed by atoms with Gasteiger partial charge in [-0.1, -0.05) is 6.07 Å². The van der Waals surface area contributed by atoms with Crippen LogP contribution in [0.3, 0.4) is 0 Å². The fraction of sp³-hybridized carbons (Fsp3) is 0.222. The summed E-state index contributed by atoms with van der Waals surface area (Å²) in [4.78, 5) is 11.0. The summed E-state index contributed by atoms with van der Waals surface area (Å²) in [5, 5.41) is 19.1. The lowest BCUT2D eigenvalue weighted by Gasteiger charge is -2.00. The Bertz CT molecular complexity index is 398. The maximum atomic E-state index is 10.7. The van der Waals surface area contributed by atoms with Gasteiger partial charge >= 0.3 is 0 Å². The molecule has 5 heteroatoms. The Kier molecular flexibility index (Phi) is 3.48. The second-order valence-electron chi connectivity index (χ2n) is 2.59. The van der Waals surface area contributed by atoms with Crippen molar-refractivity contribution in [3.8, 4) is 6.07 Å². The van der Waals surface area contributed by atoms with E-state index in [-0.39, 0.29) is 12.1 Å². The quantitative estimate of drug-likeness (QED) is 0.434. The highest BCUT2D eigenvalue weighted by molar-refractivity contribution is 7.98. The number of nitrogens with zero attached hydrogens (tertiary/aromatic N) is 2. The van der Waals surface area contributed by atoms with Crippen LogP contribution in [0.2, 0.25) is 0 Å². The van der Waals surface area contributed by atoms with Crippen LogP contribution in [0.15, 0.2) is 23.1 Å². The lowest BCUT2D eigenvalue weighted by Crippen LogP contribution is -1.94. The van der Waals surface area contributed by atoms with Crippen molar-refractivity contribution in [1.82, 2.24) is 0 Å². The van der Waals surface area contributed by atoms with Crippen LogP contribution in [-0.2, 0) is 6.42 Å². The molecule has 72 valence electrons. The molecule has 1 aromatic rings. The first-order valence-electron chi connectivity index (χ1n) is 3.87. The number of rotatable bonds is 3. The van der Waals surface area contributed by atoms with Crippen molar-refractivity contribution in [2.75, 3.05) is 6.26 Å². The van der Waals surface area contributed by atoms with Crippen LogP contribution in [-0.4, -0.2) is 11.2 Å². The van der Waals surface area contributed by atoms with Crippen LogP contribution in [0.25, 0.3) is 0 Å². The third kappa shape index (κ3) is 2.24. The molecule has 4 nitrogen and oxygen atoms in total. The second kappa shape index (κ2) is 4.63. The molecule has 0 aliphatic heterocycles. The van der Waals surface area contributed by atoms with Gasteiger partial charge in [0.05, 0.1) is 17.4 Å². The first kappa shape index (κ1) is 10.5. The molecule has 1 aromatic carbocycles. The third-order valence-electron chi connectivity index (χ3n) is 1.76. The van der Waals surface area contributed by atoms with Crippen LogP contribution in [0.5, 0.6) is 0 Å². The number of hydrogen-bond donors (Lipinski definition) is 0. The second-order valence-corrected chi connectivity index (χ2v) is 3.47. The normalized spacial score (nSPS) is 9.43. The van der Waals surface area contributed by atoms with Gasteiger partial charge in [0, 0.05) is 16.5 Å². The standard InChI is InChI=1S/C9H8N2O2S/c1-14-8-3-2-7(4-5-10)9(6-8)11(12)13/h2-3,6H,4H2,1H3. The van der Waals surface area contributed by atoms with E-state index < -0.39 is 4.92 Å². The molecule has 0 fully saturated rings. The number of nitro groups is 1. The monoisotopic (exact) mass is 208 g/mol. The highest BCUT2D eigenvalue weighted by Crippen LogP contribution is 2.25. The van der Waals surface area contributed by atoms with Crippen LogP contribution in [0.1, 0.15) is 5.56 Å². The third-order valence-corrected chi connectivity index (χ3v) is 2.48. The topological polar surface area (TPSA) is 66.9 Å². The van der Waals surface area contributed by atoms with Crippen LogP contribution in [0.4, 0.5) is 5.69 Å². The maximum Gasteiger partial charge on any atom is 0.274 e. The summed E-state index contributed by atoms with van der Waals surface area (Å²) < 4.78 is 0. The van der Waals surface area contributed by atoms with E-state index in [0.29, 0.717) is 5.56 Å². The zero-order chi connectivity index (χ0) is 10.6. The molecule has 0 aliphatic rings. The zero-order valence-corrected chi connectivity index (χ0v) is 8.37. The first-order valence-corrected chi connectivity index (χ1v) is 5.09. The van der Waals surface area contributed by atoms with Gasteiger partial charge in [0.1, 0.15) is 0 Å². The van der Waals surface area contributed by atoms with Gasteiger partial charge in [-0.15, -0.1) is 11.8 Å². The van der Waals surface area contributed by atoms with Gasteiger partial charge in [0.25, 0.3) is 5.69 Å². The van der Waals surface area contributed by atoms with E-state index in [1.165, 1.54) is 17.8 Å². The number of thioether (sulfide) groups is 1. The predicted octanol–water partition coefficient (Wildman–Crippen LogP) is 2.38. The van der Waals surface area contributed by atoms with Crippen LogP contribution in [0, 0.1) is 21.4 Å². The molecule has 14 heavy (non-hydrogen) atoms. The molecule has 0 aliphatic carbocycles. The Balaban J connectivity index is 3.18. The molecule has 0 spiro atoms. The van der Waals surface area contributed by atoms with Crippen molar-refractivity contribution in [3.05, 3.63) is 33.9 Å². The molecule has 0 amide bonds. The molecule has 0 bridgehead atoms. The molecule has 0 saturated carbocycles. The van der Waals surface area contributed by atoms with Crippen molar-refractivity contribution < 1.29 is 4.92 Å². The summed E-state index contributed by atoms with van der Waals surface area (Å²) in [5.41, 5.74) is 0.494. The van der Waals surface area contributed by atoms with Crippen LogP contribution < -0.4 is 0 Å². The van der Waals surface area contributed by atoms with E-state index in [2.05, 4.69) is 0 Å². The molecular weight excluding hydrogens is 200 g/mol. The maximum absolute atomic E-state index is 10.7. The summed E-state index contributed by atoms with van der Waals surface area (Å²) in [5.74, 6) is 0. The SMILES string of the molecule is CSc1ccc(CC#N)c([N+](=O)[O-])c1. The Morgan fingerprint density at radius 1 is 1.64 bits per heavy atom. The lowest BCUT2D eigenvalue weighted by molar-refractivity contribution is -0.385. The Labute approximate surface area is 85.7 Å². The highest BCUT2D eigenvalue weighted by Gasteiger charge is 2.13. The fourth-order valence-corrected chi connectivity index (χ4v) is 1.51. The van der Waals surface area contributed by atoms with Gasteiger partial charge in [0.15, 0.2) is 0 Å². The van der Waals surface area contributed by atoms with E-state index in [0.717, 1.165) is 4.90 Å². The first-order chi connectivity index (χ1) is 6.69. The average Bonchev–Trinajstić information content (AvgIpc) is 2.18. The Morgan fingerprint density at radius 2 is 2.36 bits per heavy atom. The summed E-state index contributed by atoms with van der Waals surface area (Å²) in [6.07, 6.45) is 1.92. The Hall–Kier alpha value is -1.54. The molecule has 0 aromatic heterocycles. The van der Waals surface area contributed by atoms with E-state index >= 15 is 0 Å². The highest BCUT2D eigenvalue weighted by atomic mass is 32.2. The number of nitro benzene ring substituents is 1. The van der Waals surface area contributed by atoms with Crippen molar-refractivity contribution in [2.45, 2.75) is 11.3 Å². The fourth-order valence-electron chi connectivity index (χ4n) is 1.08. The average molecular weight is 208 g/mol. The molecule has 0 saturated heterocycles. The van der Waals surface area contributed by atoms with Gasteiger partial charge < -0.3 is 0 Å². The van der Waals surface area contributed by atoms with E-state index in [1.807, 2.05) is 12.3 Å². The largest absolute Gasteiger partial charge is 0.274 e. The van der Waals surface area contributed by atoms with Crippen molar-refractivity contribution >= 4 is 17.4 Å². The molecule has 0 radical (unpaired) electrons. The van der Waals surface area contributed by atoms with E-state index in [4.69, 9.17) is 5.26 Å². The summed E-state index contributed by atoms with van der Waals surface area (Å²) in [6, 6.07) is 6.82. The molecular formula is C9H8N2O2S. The number of benzene rings is 1. The molecule has 0 atom stereocenters. The molecule has 0 heterocycles. The number of hydrogen-bond acceptors (Lipinski definition) is 4.